The fourth-order valence-corrected chi connectivity index (χ4v) is 3.90. The van der Waals surface area contributed by atoms with Gasteiger partial charge in [-0.2, -0.15) is 9.61 Å². The van der Waals surface area contributed by atoms with Crippen LogP contribution in [0.2, 0.25) is 0 Å². The van der Waals surface area contributed by atoms with E-state index in [2.05, 4.69) is 24.9 Å². The van der Waals surface area contributed by atoms with Gasteiger partial charge in [0.05, 0.1) is 19.9 Å². The van der Waals surface area contributed by atoms with E-state index in [9.17, 15) is 0 Å². The lowest BCUT2D eigenvalue weighted by Crippen LogP contribution is -1.94. The van der Waals surface area contributed by atoms with Crippen molar-refractivity contribution in [3.8, 4) is 32.8 Å². The Hall–Kier alpha value is -2.59. The zero-order valence-corrected chi connectivity index (χ0v) is 14.7. The maximum Gasteiger partial charge on any atom is 0.235 e. The molecule has 0 N–H and O–H groups in total. The Balaban J connectivity index is 1.83. The molecule has 122 valence electrons. The van der Waals surface area contributed by atoms with E-state index in [-0.39, 0.29) is 0 Å². The summed E-state index contributed by atoms with van der Waals surface area (Å²) in [5.74, 6) is 1.93. The van der Waals surface area contributed by atoms with E-state index < -0.39 is 0 Å². The molecule has 1 aromatic carbocycles. The molecule has 10 heteroatoms. The lowest BCUT2D eigenvalue weighted by atomic mass is 10.2. The molecule has 0 radical (unpaired) electrons. The first-order chi connectivity index (χ1) is 11.7. The summed E-state index contributed by atoms with van der Waals surface area (Å²) < 4.78 is 16.3. The summed E-state index contributed by atoms with van der Waals surface area (Å²) in [6.45, 7) is 1.91. The Labute approximate surface area is 144 Å². The first-order valence-electron chi connectivity index (χ1n) is 6.95. The van der Waals surface area contributed by atoms with Crippen LogP contribution in [0.1, 0.15) is 5.69 Å². The van der Waals surface area contributed by atoms with Gasteiger partial charge in [0.1, 0.15) is 4.88 Å². The summed E-state index contributed by atoms with van der Waals surface area (Å²) in [7, 11) is 3.20. The van der Waals surface area contributed by atoms with E-state index >= 15 is 0 Å². The van der Waals surface area contributed by atoms with Crippen LogP contribution in [-0.2, 0) is 0 Å². The van der Waals surface area contributed by atoms with Gasteiger partial charge in [0.15, 0.2) is 22.3 Å². The summed E-state index contributed by atoms with van der Waals surface area (Å²) in [4.78, 5) is 1.66. The van der Waals surface area contributed by atoms with E-state index in [4.69, 9.17) is 9.47 Å². The first-order valence-corrected chi connectivity index (χ1v) is 8.54. The number of fused-ring (bicyclic) bond motifs is 1. The maximum atomic E-state index is 5.35. The average Bonchev–Trinajstić information content (AvgIpc) is 3.29. The largest absolute Gasteiger partial charge is 0.493 e. The highest BCUT2D eigenvalue weighted by Crippen LogP contribution is 2.34. The summed E-state index contributed by atoms with van der Waals surface area (Å²) in [5.41, 5.74) is 1.70. The Morgan fingerprint density at radius 1 is 1.04 bits per heavy atom. The highest BCUT2D eigenvalue weighted by Gasteiger charge is 2.18. The van der Waals surface area contributed by atoms with Gasteiger partial charge in [0.25, 0.3) is 0 Å². The molecule has 0 amide bonds. The van der Waals surface area contributed by atoms with E-state index in [1.807, 2.05) is 25.1 Å². The molecule has 0 fully saturated rings. The van der Waals surface area contributed by atoms with E-state index in [1.165, 1.54) is 22.9 Å². The van der Waals surface area contributed by atoms with Crippen LogP contribution in [0.15, 0.2) is 18.2 Å². The number of benzene rings is 1. The lowest BCUT2D eigenvalue weighted by Gasteiger charge is -2.08. The predicted octanol–water partition coefficient (Wildman–Crippen LogP) is 2.70. The second kappa shape index (κ2) is 5.80. The van der Waals surface area contributed by atoms with Crippen molar-refractivity contribution in [2.75, 3.05) is 14.2 Å². The zero-order valence-electron chi connectivity index (χ0n) is 13.0. The molecule has 4 aromatic rings. The molecule has 0 saturated carbocycles. The summed E-state index contributed by atoms with van der Waals surface area (Å²) in [6, 6.07) is 5.59. The van der Waals surface area contributed by atoms with Crippen molar-refractivity contribution in [3.05, 3.63) is 23.9 Å². The molecule has 3 aromatic heterocycles. The molecule has 0 aliphatic heterocycles. The van der Waals surface area contributed by atoms with Gasteiger partial charge in [-0.1, -0.05) is 15.8 Å². The molecular formula is C14H12N6O2S2. The highest BCUT2D eigenvalue weighted by molar-refractivity contribution is 7.23. The molecule has 0 aliphatic carbocycles. The number of hydrogen-bond donors (Lipinski definition) is 0. The minimum absolute atomic E-state index is 0.629. The topological polar surface area (TPSA) is 87.3 Å². The van der Waals surface area contributed by atoms with Crippen molar-refractivity contribution in [1.82, 2.24) is 29.4 Å². The number of methoxy groups -OCH3 is 2. The first kappa shape index (κ1) is 15.0. The molecule has 0 saturated heterocycles. The minimum Gasteiger partial charge on any atom is -0.493 e. The third-order valence-corrected chi connectivity index (χ3v) is 5.36. The third-order valence-electron chi connectivity index (χ3n) is 3.48. The Morgan fingerprint density at radius 2 is 1.88 bits per heavy atom. The molecule has 0 aliphatic rings. The number of hydrogen-bond acceptors (Lipinski definition) is 9. The van der Waals surface area contributed by atoms with Crippen LogP contribution < -0.4 is 9.47 Å². The zero-order chi connectivity index (χ0) is 16.7. The van der Waals surface area contributed by atoms with Gasteiger partial charge < -0.3 is 9.47 Å². The van der Waals surface area contributed by atoms with Crippen LogP contribution in [0.4, 0.5) is 0 Å². The fraction of sp³-hybridized carbons (Fsp3) is 0.214. The quantitative estimate of drug-likeness (QED) is 0.553. The van der Waals surface area contributed by atoms with Crippen molar-refractivity contribution < 1.29 is 9.47 Å². The van der Waals surface area contributed by atoms with Gasteiger partial charge in [-0.05, 0) is 36.7 Å². The number of ether oxygens (including phenoxy) is 2. The van der Waals surface area contributed by atoms with Gasteiger partial charge in [0.2, 0.25) is 4.96 Å². The number of rotatable bonds is 4. The average molecular weight is 360 g/mol. The fourth-order valence-electron chi connectivity index (χ4n) is 2.29. The SMILES string of the molecule is COc1ccc(-c2nnc3sc(-c4snnc4C)nn23)cc1OC. The minimum atomic E-state index is 0.629. The van der Waals surface area contributed by atoms with E-state index in [1.54, 1.807) is 18.7 Å². The third kappa shape index (κ3) is 2.31. The van der Waals surface area contributed by atoms with Crippen molar-refractivity contribution in [3.63, 3.8) is 0 Å². The lowest BCUT2D eigenvalue weighted by molar-refractivity contribution is 0.355. The molecule has 4 rings (SSSR count). The van der Waals surface area contributed by atoms with E-state index in [0.717, 1.165) is 21.1 Å². The molecule has 3 heterocycles. The Bertz CT molecular complexity index is 1020. The van der Waals surface area contributed by atoms with Crippen LogP contribution >= 0.6 is 22.9 Å². The Morgan fingerprint density at radius 3 is 2.58 bits per heavy atom. The van der Waals surface area contributed by atoms with E-state index in [0.29, 0.717) is 22.3 Å². The molecule has 0 spiro atoms. The van der Waals surface area contributed by atoms with Crippen molar-refractivity contribution in [2.45, 2.75) is 6.92 Å². The molecule has 0 bridgehead atoms. The van der Waals surface area contributed by atoms with Crippen LogP contribution in [0.3, 0.4) is 0 Å². The number of aryl methyl sites for hydroxylation is 1. The summed E-state index contributed by atoms with van der Waals surface area (Å²) in [6.07, 6.45) is 0. The molecule has 8 nitrogen and oxygen atoms in total. The second-order valence-electron chi connectivity index (χ2n) is 4.88. The molecule has 0 unspecified atom stereocenters. The predicted molar refractivity (Wildman–Crippen MR) is 90.8 cm³/mol. The standard InChI is InChI=1S/C14H12N6O2S2/c1-7-11(24-19-15-7)13-18-20-12(16-17-14(20)23-13)8-4-5-9(21-2)10(6-8)22-3/h4-6H,1-3H3. The normalized spacial score (nSPS) is 11.1. The highest BCUT2D eigenvalue weighted by atomic mass is 32.1. The summed E-state index contributed by atoms with van der Waals surface area (Å²) in [5, 5.41) is 17.9. The molecule has 0 atom stereocenters. The van der Waals surface area contributed by atoms with Crippen molar-refractivity contribution >= 4 is 27.8 Å². The van der Waals surface area contributed by atoms with Gasteiger partial charge in [0, 0.05) is 5.56 Å². The van der Waals surface area contributed by atoms with Crippen LogP contribution in [0.25, 0.3) is 26.2 Å². The van der Waals surface area contributed by atoms with Gasteiger partial charge in [-0.25, -0.2) is 0 Å². The van der Waals surface area contributed by atoms with Crippen LogP contribution in [0, 0.1) is 6.92 Å². The molecular weight excluding hydrogens is 348 g/mol. The van der Waals surface area contributed by atoms with Crippen molar-refractivity contribution in [1.29, 1.82) is 0 Å². The van der Waals surface area contributed by atoms with Crippen molar-refractivity contribution in [2.24, 2.45) is 0 Å². The van der Waals surface area contributed by atoms with Gasteiger partial charge >= 0.3 is 0 Å². The van der Waals surface area contributed by atoms with Crippen LogP contribution in [0.5, 0.6) is 11.5 Å². The molecule has 24 heavy (non-hydrogen) atoms. The Kier molecular flexibility index (Phi) is 3.62. The number of aromatic nitrogens is 6. The summed E-state index contributed by atoms with van der Waals surface area (Å²) >= 11 is 2.78. The maximum absolute atomic E-state index is 5.35. The van der Waals surface area contributed by atoms with Crippen LogP contribution in [-0.4, -0.2) is 43.6 Å². The second-order valence-corrected chi connectivity index (χ2v) is 6.59. The van der Waals surface area contributed by atoms with Gasteiger partial charge in [-0.15, -0.1) is 15.3 Å². The monoisotopic (exact) mass is 360 g/mol. The van der Waals surface area contributed by atoms with Gasteiger partial charge in [-0.3, -0.25) is 0 Å². The number of nitrogens with zero attached hydrogens (tertiary/aromatic N) is 6. The smallest absolute Gasteiger partial charge is 0.235 e.